The van der Waals surface area contributed by atoms with Crippen molar-refractivity contribution < 1.29 is 9.90 Å². The van der Waals surface area contributed by atoms with Crippen molar-refractivity contribution in [2.75, 3.05) is 0 Å². The molecule has 1 aliphatic rings. The Labute approximate surface area is 128 Å². The van der Waals surface area contributed by atoms with E-state index in [0.29, 0.717) is 24.2 Å². The predicted octanol–water partition coefficient (Wildman–Crippen LogP) is 3.41. The summed E-state index contributed by atoms with van der Waals surface area (Å²) in [4.78, 5) is 10.9. The maximum atomic E-state index is 10.9. The Morgan fingerprint density at radius 1 is 1.40 bits per heavy atom. The molecular formula is C15H21BrN2O2. The van der Waals surface area contributed by atoms with Crippen molar-refractivity contribution in [1.82, 2.24) is 10.4 Å². The molecule has 20 heavy (non-hydrogen) atoms. The van der Waals surface area contributed by atoms with Crippen molar-refractivity contribution >= 4 is 21.9 Å². The topological polar surface area (TPSA) is 52.6 Å². The summed E-state index contributed by atoms with van der Waals surface area (Å²) in [6, 6.07) is 6.24. The third-order valence-corrected chi connectivity index (χ3v) is 4.68. The molecule has 1 aliphatic heterocycles. The van der Waals surface area contributed by atoms with Crippen LogP contribution in [0, 0.1) is 0 Å². The number of rotatable bonds is 4. The summed E-state index contributed by atoms with van der Waals surface area (Å²) in [6.45, 7) is 5.19. The largest absolute Gasteiger partial charge is 0.478 e. The number of hydrogen-bond acceptors (Lipinski definition) is 3. The first-order valence-electron chi connectivity index (χ1n) is 7.02. The SMILES string of the molecule is CC1CCCC(C)N1NCc1ccc(C(=O)O)cc1Br. The number of hydrogen-bond donors (Lipinski definition) is 2. The van der Waals surface area contributed by atoms with Crippen LogP contribution < -0.4 is 5.43 Å². The van der Waals surface area contributed by atoms with E-state index in [1.54, 1.807) is 12.1 Å². The van der Waals surface area contributed by atoms with Gasteiger partial charge in [-0.2, -0.15) is 0 Å². The molecule has 2 unspecified atom stereocenters. The van der Waals surface area contributed by atoms with Gasteiger partial charge in [-0.25, -0.2) is 9.80 Å². The molecule has 0 aliphatic carbocycles. The lowest BCUT2D eigenvalue weighted by atomic mass is 10.00. The molecule has 0 spiro atoms. The lowest BCUT2D eigenvalue weighted by molar-refractivity contribution is 0.0435. The van der Waals surface area contributed by atoms with Gasteiger partial charge in [-0.1, -0.05) is 28.4 Å². The standard InChI is InChI=1S/C15H21BrN2O2/c1-10-4-3-5-11(2)18(10)17-9-13-7-6-12(15(19)20)8-14(13)16/h6-8,10-11,17H,3-5,9H2,1-2H3,(H,19,20). The van der Waals surface area contributed by atoms with Crippen LogP contribution in [0.4, 0.5) is 0 Å². The van der Waals surface area contributed by atoms with Gasteiger partial charge in [0.05, 0.1) is 5.56 Å². The Hall–Kier alpha value is -0.910. The zero-order valence-corrected chi connectivity index (χ0v) is 13.5. The summed E-state index contributed by atoms with van der Waals surface area (Å²) >= 11 is 3.45. The predicted molar refractivity (Wildman–Crippen MR) is 82.6 cm³/mol. The van der Waals surface area contributed by atoms with E-state index in [1.165, 1.54) is 19.3 Å². The number of carbonyl (C=O) groups is 1. The number of carboxylic acids is 1. The van der Waals surface area contributed by atoms with Crippen LogP contribution in [-0.2, 0) is 6.54 Å². The molecule has 2 atom stereocenters. The van der Waals surface area contributed by atoms with Gasteiger partial charge in [0.1, 0.15) is 0 Å². The van der Waals surface area contributed by atoms with Crippen molar-refractivity contribution in [3.05, 3.63) is 33.8 Å². The number of aromatic carboxylic acids is 1. The summed E-state index contributed by atoms with van der Waals surface area (Å²) < 4.78 is 0.835. The average Bonchev–Trinajstić information content (AvgIpc) is 2.39. The van der Waals surface area contributed by atoms with Crippen LogP contribution in [0.3, 0.4) is 0 Å². The van der Waals surface area contributed by atoms with Gasteiger partial charge in [0.25, 0.3) is 0 Å². The van der Waals surface area contributed by atoms with E-state index >= 15 is 0 Å². The van der Waals surface area contributed by atoms with E-state index in [2.05, 4.69) is 40.2 Å². The fourth-order valence-corrected chi connectivity index (χ4v) is 3.25. The van der Waals surface area contributed by atoms with E-state index in [4.69, 9.17) is 5.11 Å². The number of nitrogens with zero attached hydrogens (tertiary/aromatic N) is 1. The lowest BCUT2D eigenvalue weighted by Gasteiger charge is -2.39. The molecule has 4 nitrogen and oxygen atoms in total. The van der Waals surface area contributed by atoms with Gasteiger partial charge in [-0.3, -0.25) is 5.43 Å². The number of benzene rings is 1. The molecule has 1 aromatic carbocycles. The highest BCUT2D eigenvalue weighted by Gasteiger charge is 2.24. The molecule has 110 valence electrons. The Morgan fingerprint density at radius 2 is 2.05 bits per heavy atom. The van der Waals surface area contributed by atoms with E-state index in [-0.39, 0.29) is 0 Å². The third kappa shape index (κ3) is 3.59. The number of carboxylic acid groups (broad SMARTS) is 1. The Balaban J connectivity index is 2.01. The molecule has 0 bridgehead atoms. The minimum Gasteiger partial charge on any atom is -0.478 e. The highest BCUT2D eigenvalue weighted by atomic mass is 79.9. The molecule has 2 rings (SSSR count). The highest BCUT2D eigenvalue weighted by molar-refractivity contribution is 9.10. The minimum absolute atomic E-state index is 0.306. The van der Waals surface area contributed by atoms with Crippen LogP contribution in [0.5, 0.6) is 0 Å². The maximum Gasteiger partial charge on any atom is 0.335 e. The monoisotopic (exact) mass is 340 g/mol. The number of nitrogens with one attached hydrogen (secondary N) is 1. The molecule has 1 heterocycles. The zero-order valence-electron chi connectivity index (χ0n) is 11.9. The fourth-order valence-electron chi connectivity index (χ4n) is 2.73. The van der Waals surface area contributed by atoms with Gasteiger partial charge in [-0.15, -0.1) is 0 Å². The van der Waals surface area contributed by atoms with Gasteiger partial charge in [0.15, 0.2) is 0 Å². The third-order valence-electron chi connectivity index (χ3n) is 3.95. The van der Waals surface area contributed by atoms with Crippen LogP contribution >= 0.6 is 15.9 Å². The summed E-state index contributed by atoms with van der Waals surface area (Å²) in [5.74, 6) is -0.900. The number of hydrazine groups is 1. The summed E-state index contributed by atoms with van der Waals surface area (Å²) in [7, 11) is 0. The average molecular weight is 341 g/mol. The summed E-state index contributed by atoms with van der Waals surface area (Å²) in [5.41, 5.74) is 4.86. The Bertz CT molecular complexity index is 483. The quantitative estimate of drug-likeness (QED) is 0.881. The lowest BCUT2D eigenvalue weighted by Crippen LogP contribution is -2.51. The van der Waals surface area contributed by atoms with Crippen molar-refractivity contribution in [1.29, 1.82) is 0 Å². The molecule has 1 saturated heterocycles. The molecular weight excluding hydrogens is 320 g/mol. The summed E-state index contributed by atoms with van der Waals surface area (Å²) in [5, 5.41) is 11.3. The van der Waals surface area contributed by atoms with E-state index in [9.17, 15) is 4.79 Å². The van der Waals surface area contributed by atoms with Crippen LogP contribution in [0.25, 0.3) is 0 Å². The number of piperidine rings is 1. The Morgan fingerprint density at radius 3 is 2.60 bits per heavy atom. The van der Waals surface area contributed by atoms with Crippen LogP contribution in [0.2, 0.25) is 0 Å². The second kappa shape index (κ2) is 6.70. The maximum absolute atomic E-state index is 10.9. The van der Waals surface area contributed by atoms with Crippen LogP contribution in [0.1, 0.15) is 49.0 Å². The van der Waals surface area contributed by atoms with E-state index in [0.717, 1.165) is 10.0 Å². The van der Waals surface area contributed by atoms with Crippen molar-refractivity contribution in [3.63, 3.8) is 0 Å². The van der Waals surface area contributed by atoms with Gasteiger partial charge in [-0.05, 0) is 44.4 Å². The van der Waals surface area contributed by atoms with E-state index < -0.39 is 5.97 Å². The minimum atomic E-state index is -0.900. The van der Waals surface area contributed by atoms with Crippen LogP contribution in [-0.4, -0.2) is 28.2 Å². The van der Waals surface area contributed by atoms with Crippen molar-refractivity contribution in [2.45, 2.75) is 51.7 Å². The van der Waals surface area contributed by atoms with E-state index in [1.807, 2.05) is 6.07 Å². The smallest absolute Gasteiger partial charge is 0.335 e. The van der Waals surface area contributed by atoms with Gasteiger partial charge in [0.2, 0.25) is 0 Å². The molecule has 1 aromatic rings. The fraction of sp³-hybridized carbons (Fsp3) is 0.533. The first-order chi connectivity index (χ1) is 9.49. The molecule has 5 heteroatoms. The molecule has 1 fully saturated rings. The molecule has 2 N–H and O–H groups in total. The van der Waals surface area contributed by atoms with Crippen molar-refractivity contribution in [2.24, 2.45) is 0 Å². The molecule has 0 saturated carbocycles. The van der Waals surface area contributed by atoms with Gasteiger partial charge >= 0.3 is 5.97 Å². The van der Waals surface area contributed by atoms with Gasteiger partial charge in [0, 0.05) is 23.1 Å². The first-order valence-corrected chi connectivity index (χ1v) is 7.82. The highest BCUT2D eigenvalue weighted by Crippen LogP contribution is 2.22. The van der Waals surface area contributed by atoms with Crippen LogP contribution in [0.15, 0.2) is 22.7 Å². The first kappa shape index (κ1) is 15.5. The second-order valence-electron chi connectivity index (χ2n) is 5.48. The molecule has 0 amide bonds. The number of halogens is 1. The molecule has 0 radical (unpaired) electrons. The second-order valence-corrected chi connectivity index (χ2v) is 6.34. The van der Waals surface area contributed by atoms with Gasteiger partial charge < -0.3 is 5.11 Å². The Kier molecular flexibility index (Phi) is 5.18. The normalized spacial score (nSPS) is 23.8. The zero-order chi connectivity index (χ0) is 14.7. The van der Waals surface area contributed by atoms with Crippen molar-refractivity contribution in [3.8, 4) is 0 Å². The summed E-state index contributed by atoms with van der Waals surface area (Å²) in [6.07, 6.45) is 3.73. The molecule has 0 aromatic heterocycles.